The molecule has 1 rings (SSSR count). The smallest absolute Gasteiger partial charge is 0.147 e. The van der Waals surface area contributed by atoms with Gasteiger partial charge in [0.25, 0.3) is 0 Å². The molecule has 0 saturated heterocycles. The molecule has 1 aromatic carbocycles. The summed E-state index contributed by atoms with van der Waals surface area (Å²) in [7, 11) is 0. The first-order chi connectivity index (χ1) is 10.4. The molecule has 0 aliphatic rings. The van der Waals surface area contributed by atoms with Crippen LogP contribution < -0.4 is 0 Å². The minimum absolute atomic E-state index is 0.0799. The number of carbonyl (C=O) groups excluding carboxylic acids is 1. The second-order valence-electron chi connectivity index (χ2n) is 6.20. The Labute approximate surface area is 139 Å². The number of ketones is 1. The van der Waals surface area contributed by atoms with Gasteiger partial charge >= 0.3 is 0 Å². The highest BCUT2D eigenvalue weighted by Gasteiger charge is 2.32. The Bertz CT molecular complexity index is 486. The van der Waals surface area contributed by atoms with Crippen LogP contribution in [0.1, 0.15) is 68.6 Å². The van der Waals surface area contributed by atoms with E-state index in [0.717, 1.165) is 42.4 Å². The van der Waals surface area contributed by atoms with Crippen molar-refractivity contribution in [1.29, 1.82) is 0 Å². The molecule has 0 bridgehead atoms. The number of benzene rings is 1. The Morgan fingerprint density at radius 3 is 2.55 bits per heavy atom. The number of Topliss-reactive ketones (excluding diaryl/α,β-unsaturated/α-hetero) is 1. The van der Waals surface area contributed by atoms with Gasteiger partial charge in [-0.3, -0.25) is 4.79 Å². The van der Waals surface area contributed by atoms with Gasteiger partial charge in [0.05, 0.1) is 5.88 Å². The van der Waals surface area contributed by atoms with Crippen LogP contribution in [0.3, 0.4) is 0 Å². The van der Waals surface area contributed by atoms with E-state index >= 15 is 4.39 Å². The maximum Gasteiger partial charge on any atom is 0.147 e. The van der Waals surface area contributed by atoms with Gasteiger partial charge in [-0.05, 0) is 56.2 Å². The number of aryl methyl sites for hydroxylation is 1. The molecule has 0 saturated carbocycles. The minimum Gasteiger partial charge on any atom is -0.298 e. The van der Waals surface area contributed by atoms with Crippen molar-refractivity contribution in [3.8, 4) is 0 Å². The Hall–Kier alpha value is -0.890. The first-order valence-electron chi connectivity index (χ1n) is 8.28. The van der Waals surface area contributed by atoms with E-state index in [9.17, 15) is 4.79 Å². The number of hydrogen-bond acceptors (Lipinski definition) is 1. The lowest BCUT2D eigenvalue weighted by Crippen LogP contribution is -2.21. The molecule has 1 unspecified atom stereocenters. The first kappa shape index (κ1) is 19.2. The van der Waals surface area contributed by atoms with Crippen molar-refractivity contribution in [3.05, 3.63) is 34.9 Å². The summed E-state index contributed by atoms with van der Waals surface area (Å²) in [4.78, 5) is 11.2. The van der Waals surface area contributed by atoms with Crippen molar-refractivity contribution in [1.82, 2.24) is 0 Å². The van der Waals surface area contributed by atoms with E-state index in [-0.39, 0.29) is 11.7 Å². The summed E-state index contributed by atoms with van der Waals surface area (Å²) in [5, 5.41) is 0. The van der Waals surface area contributed by atoms with E-state index in [2.05, 4.69) is 0 Å². The van der Waals surface area contributed by atoms with Crippen LogP contribution in [0.4, 0.5) is 4.39 Å². The van der Waals surface area contributed by atoms with E-state index in [0.29, 0.717) is 19.3 Å². The van der Waals surface area contributed by atoms with Crippen LogP contribution in [-0.4, -0.2) is 11.7 Å². The molecule has 0 aliphatic heterocycles. The molecule has 0 N–H and O–H groups in total. The molecule has 1 aromatic rings. The third-order valence-corrected chi connectivity index (χ3v) is 4.71. The van der Waals surface area contributed by atoms with Gasteiger partial charge < -0.3 is 0 Å². The lowest BCUT2D eigenvalue weighted by atomic mass is 9.82. The highest BCUT2D eigenvalue weighted by atomic mass is 35.5. The second-order valence-corrected chi connectivity index (χ2v) is 6.46. The molecule has 0 fully saturated rings. The monoisotopic (exact) mass is 326 g/mol. The molecule has 1 nitrogen and oxygen atoms in total. The number of hydrogen-bond donors (Lipinski definition) is 0. The van der Waals surface area contributed by atoms with E-state index in [1.807, 2.05) is 39.0 Å². The quantitative estimate of drug-likeness (QED) is 0.379. The van der Waals surface area contributed by atoms with Gasteiger partial charge in [0, 0.05) is 6.42 Å². The van der Waals surface area contributed by atoms with E-state index < -0.39 is 5.67 Å². The average Bonchev–Trinajstić information content (AvgIpc) is 2.49. The van der Waals surface area contributed by atoms with Gasteiger partial charge in [-0.15, -0.1) is 11.6 Å². The fourth-order valence-corrected chi connectivity index (χ4v) is 3.13. The molecule has 3 heteroatoms. The summed E-state index contributed by atoms with van der Waals surface area (Å²) in [5.41, 5.74) is 1.80. The average molecular weight is 327 g/mol. The van der Waals surface area contributed by atoms with Crippen LogP contribution in [0.5, 0.6) is 0 Å². The maximum absolute atomic E-state index is 15.5. The Kier molecular flexibility index (Phi) is 8.09. The number of alkyl halides is 2. The van der Waals surface area contributed by atoms with E-state index in [4.69, 9.17) is 11.6 Å². The molecule has 0 radical (unpaired) electrons. The van der Waals surface area contributed by atoms with Crippen molar-refractivity contribution >= 4 is 17.4 Å². The fraction of sp³-hybridized carbons (Fsp3) is 0.632. The third-order valence-electron chi connectivity index (χ3n) is 4.41. The fourth-order valence-electron chi connectivity index (χ4n) is 3.00. The summed E-state index contributed by atoms with van der Waals surface area (Å²) in [6.45, 7) is 6.06. The highest BCUT2D eigenvalue weighted by Crippen LogP contribution is 2.39. The summed E-state index contributed by atoms with van der Waals surface area (Å²) >= 11 is 5.48. The molecular weight excluding hydrogens is 299 g/mol. The first-order valence-corrected chi connectivity index (χ1v) is 8.81. The number of halogens is 2. The topological polar surface area (TPSA) is 17.1 Å². The molecule has 0 amide bonds. The van der Waals surface area contributed by atoms with Crippen LogP contribution in [0.2, 0.25) is 0 Å². The van der Waals surface area contributed by atoms with Crippen molar-refractivity contribution in [3.63, 3.8) is 0 Å². The Balaban J connectivity index is 2.67. The van der Waals surface area contributed by atoms with Crippen LogP contribution in [-0.2, 0) is 10.5 Å². The lowest BCUT2D eigenvalue weighted by Gasteiger charge is -2.28. The van der Waals surface area contributed by atoms with Gasteiger partial charge in [0.2, 0.25) is 0 Å². The second kappa shape index (κ2) is 9.29. The molecular formula is C19H28ClFO. The third kappa shape index (κ3) is 5.39. The van der Waals surface area contributed by atoms with Gasteiger partial charge in [0.1, 0.15) is 11.5 Å². The van der Waals surface area contributed by atoms with Crippen LogP contribution in [0.15, 0.2) is 18.2 Å². The Morgan fingerprint density at radius 2 is 1.91 bits per heavy atom. The number of carbonyl (C=O) groups is 1. The summed E-state index contributed by atoms with van der Waals surface area (Å²) in [5.74, 6) is 0.169. The Morgan fingerprint density at radius 1 is 1.18 bits per heavy atom. The van der Waals surface area contributed by atoms with Crippen molar-refractivity contribution in [2.45, 2.75) is 71.4 Å². The molecule has 0 heterocycles. The van der Waals surface area contributed by atoms with Gasteiger partial charge in [0.15, 0.2) is 0 Å². The maximum atomic E-state index is 15.5. The minimum atomic E-state index is -1.25. The normalized spacial score (nSPS) is 13.9. The molecule has 0 aromatic heterocycles. The van der Waals surface area contributed by atoms with Gasteiger partial charge in [-0.1, -0.05) is 38.0 Å². The standard InChI is InChI=1S/C19H28ClFO/c1-4-12-19(21,13-7-5-6-10-17(22)14-20)18-11-8-9-15(2)16(18)3/h8-9,11H,4-7,10,12-14H2,1-3H3. The zero-order valence-electron chi connectivity index (χ0n) is 14.1. The number of rotatable bonds is 10. The summed E-state index contributed by atoms with van der Waals surface area (Å²) in [6.07, 6.45) is 4.91. The van der Waals surface area contributed by atoms with Crippen LogP contribution >= 0.6 is 11.6 Å². The summed E-state index contributed by atoms with van der Waals surface area (Å²) in [6, 6.07) is 5.90. The zero-order valence-corrected chi connectivity index (χ0v) is 14.8. The van der Waals surface area contributed by atoms with E-state index in [1.165, 1.54) is 0 Å². The van der Waals surface area contributed by atoms with Gasteiger partial charge in [-0.2, -0.15) is 0 Å². The molecule has 124 valence electrons. The highest BCUT2D eigenvalue weighted by molar-refractivity contribution is 6.27. The van der Waals surface area contributed by atoms with Gasteiger partial charge in [-0.25, -0.2) is 4.39 Å². The lowest BCUT2D eigenvalue weighted by molar-refractivity contribution is -0.116. The molecule has 0 spiro atoms. The predicted octanol–water partition coefficient (Wildman–Crippen LogP) is 6.03. The van der Waals surface area contributed by atoms with Crippen LogP contribution in [0, 0.1) is 13.8 Å². The largest absolute Gasteiger partial charge is 0.298 e. The van der Waals surface area contributed by atoms with Crippen molar-refractivity contribution in [2.24, 2.45) is 0 Å². The molecule has 22 heavy (non-hydrogen) atoms. The zero-order chi connectivity index (χ0) is 16.6. The SMILES string of the molecule is CCCC(F)(CCCCCC(=O)CCl)c1cccc(C)c1C. The van der Waals surface area contributed by atoms with Crippen molar-refractivity contribution < 1.29 is 9.18 Å². The van der Waals surface area contributed by atoms with Crippen LogP contribution in [0.25, 0.3) is 0 Å². The van der Waals surface area contributed by atoms with Crippen molar-refractivity contribution in [2.75, 3.05) is 5.88 Å². The molecule has 0 aliphatic carbocycles. The number of unbranched alkanes of at least 4 members (excludes halogenated alkanes) is 2. The van der Waals surface area contributed by atoms with E-state index in [1.54, 1.807) is 0 Å². The summed E-state index contributed by atoms with van der Waals surface area (Å²) < 4.78 is 15.5. The predicted molar refractivity (Wildman–Crippen MR) is 92.4 cm³/mol. The molecule has 1 atom stereocenters.